The molecule has 11 nitrogen and oxygen atoms in total. The number of aromatic nitrogens is 3. The van der Waals surface area contributed by atoms with Crippen molar-refractivity contribution in [3.8, 4) is 11.4 Å². The summed E-state index contributed by atoms with van der Waals surface area (Å²) >= 11 is 0. The van der Waals surface area contributed by atoms with Crippen LogP contribution in [0.25, 0.3) is 16.7 Å². The van der Waals surface area contributed by atoms with Crippen molar-refractivity contribution >= 4 is 34.8 Å². The van der Waals surface area contributed by atoms with E-state index in [1.165, 1.54) is 4.80 Å². The predicted molar refractivity (Wildman–Crippen MR) is 153 cm³/mol. The molecular weight excluding hydrogens is 549 g/mol. The third kappa shape index (κ3) is 7.56. The smallest absolute Gasteiger partial charge is 0.846 e. The number of phenols is 1. The Kier molecular flexibility index (Phi) is 11.9. The van der Waals surface area contributed by atoms with Crippen LogP contribution in [-0.2, 0) is 26.2 Å². The van der Waals surface area contributed by atoms with Crippen LogP contribution < -0.4 is 40.0 Å². The van der Waals surface area contributed by atoms with Gasteiger partial charge in [-0.25, -0.2) is 4.99 Å². The number of hydrogen-bond acceptors (Lipinski definition) is 7. The van der Waals surface area contributed by atoms with E-state index >= 15 is 0 Å². The number of fused-ring (bicyclic) bond motifs is 1. The van der Waals surface area contributed by atoms with Gasteiger partial charge in [0.05, 0.1) is 6.02 Å². The quantitative estimate of drug-likeness (QED) is 0.255. The van der Waals surface area contributed by atoms with E-state index in [0.717, 1.165) is 35.0 Å². The Morgan fingerprint density at radius 2 is 1.71 bits per heavy atom. The normalized spacial score (nSPS) is 17.4. The molecule has 12 heteroatoms. The van der Waals surface area contributed by atoms with Crippen molar-refractivity contribution in [2.24, 2.45) is 16.3 Å². The second-order valence-electron chi connectivity index (χ2n) is 11.3. The number of carboxylic acid groups (broad SMARTS) is 1. The van der Waals surface area contributed by atoms with Gasteiger partial charge in [-0.1, -0.05) is 66.2 Å². The van der Waals surface area contributed by atoms with E-state index in [-0.39, 0.29) is 53.1 Å². The van der Waals surface area contributed by atoms with Crippen LogP contribution in [0.3, 0.4) is 0 Å². The van der Waals surface area contributed by atoms with Gasteiger partial charge in [-0.05, 0) is 54.4 Å². The number of carbonyl (C=O) groups is 3. The number of amides is 2. The summed E-state index contributed by atoms with van der Waals surface area (Å²) < 4.78 is 0. The van der Waals surface area contributed by atoms with E-state index in [4.69, 9.17) is 5.11 Å². The van der Waals surface area contributed by atoms with Crippen LogP contribution in [0.4, 0.5) is 0 Å². The van der Waals surface area contributed by atoms with Gasteiger partial charge in [0.1, 0.15) is 27.9 Å². The van der Waals surface area contributed by atoms with Crippen LogP contribution in [0.1, 0.15) is 78.4 Å². The summed E-state index contributed by atoms with van der Waals surface area (Å²) in [6.45, 7) is 11.6. The zero-order chi connectivity index (χ0) is 30.5. The van der Waals surface area contributed by atoms with Gasteiger partial charge in [-0.2, -0.15) is 0 Å². The molecule has 4 rings (SSSR count). The number of carboxylic acids is 1. The Balaban J connectivity index is 0.000000316. The first-order valence-corrected chi connectivity index (χ1v) is 13.8. The third-order valence-corrected chi connectivity index (χ3v) is 7.42. The summed E-state index contributed by atoms with van der Waals surface area (Å²) in [5.41, 5.74) is 2.05. The zero-order valence-electron chi connectivity index (χ0n) is 25.4. The predicted octanol–water partition coefficient (Wildman–Crippen LogP) is 0.637. The van der Waals surface area contributed by atoms with E-state index in [1.54, 1.807) is 13.0 Å². The molecule has 1 aliphatic rings. The fourth-order valence-corrected chi connectivity index (χ4v) is 5.06. The second kappa shape index (κ2) is 14.3. The van der Waals surface area contributed by atoms with Crippen LogP contribution >= 0.6 is 0 Å². The standard InChI is InChI=1S/C19H21N3O3.C11H18N2O3.Na/c1-19(2,3)13-10-12(8-9-17(23)24)11-16(18(13)25)22-20-14-6-4-5-7-15(14)21-22;1-4-6-7(3)11(5-2)8(14)12-10(16)13-9(11)15;/h4-7,10-11,25H,8-9H2,1-3H3,(H,23,24);7H,4-6H2,1-3H3,(H2,12,13,14,15,16);/q;;+1/p-1. The molecule has 2 atom stereocenters. The van der Waals surface area contributed by atoms with E-state index in [0.29, 0.717) is 18.5 Å². The van der Waals surface area contributed by atoms with Crippen LogP contribution in [0.5, 0.6) is 5.75 Å². The summed E-state index contributed by atoms with van der Waals surface area (Å²) in [5, 5.41) is 41.7. The van der Waals surface area contributed by atoms with Gasteiger partial charge >= 0.3 is 35.5 Å². The number of amidine groups is 1. The number of phenolic OH excluding ortho intramolecular Hbond substituents is 1. The topological polar surface area (TPSA) is 170 Å². The van der Waals surface area contributed by atoms with Crippen molar-refractivity contribution in [3.63, 3.8) is 0 Å². The number of nitrogens with zero attached hydrogens (tertiary/aromatic N) is 4. The fraction of sp³-hybridized carbons (Fsp3) is 0.467. The molecule has 1 aliphatic heterocycles. The average molecular weight is 588 g/mol. The van der Waals surface area contributed by atoms with Crippen LogP contribution in [0, 0.1) is 11.3 Å². The van der Waals surface area contributed by atoms with Crippen molar-refractivity contribution in [1.82, 2.24) is 20.3 Å². The Labute approximate surface area is 267 Å². The van der Waals surface area contributed by atoms with Crippen molar-refractivity contribution in [2.45, 2.75) is 79.1 Å². The minimum Gasteiger partial charge on any atom is -0.846 e. The molecule has 0 bridgehead atoms. The van der Waals surface area contributed by atoms with Crippen molar-refractivity contribution in [2.75, 3.05) is 0 Å². The van der Waals surface area contributed by atoms with Crippen molar-refractivity contribution in [3.05, 3.63) is 47.5 Å². The molecule has 2 heterocycles. The van der Waals surface area contributed by atoms with Gasteiger partial charge in [0.2, 0.25) is 5.91 Å². The average Bonchev–Trinajstić information content (AvgIpc) is 3.32. The first kappa shape index (κ1) is 34.9. The number of carbonyl (C=O) groups excluding carboxylic acids is 2. The largest absolute Gasteiger partial charge is 1.00 e. The molecule has 0 radical (unpaired) electrons. The minimum absolute atomic E-state index is 0. The molecule has 0 saturated heterocycles. The van der Waals surface area contributed by atoms with Crippen LogP contribution in [-0.4, -0.2) is 49.0 Å². The number of aryl methyl sites for hydroxylation is 1. The fourth-order valence-electron chi connectivity index (χ4n) is 5.06. The van der Waals surface area contributed by atoms with Crippen molar-refractivity contribution < 1.29 is 59.3 Å². The minimum atomic E-state index is -1.15. The maximum Gasteiger partial charge on any atom is 1.00 e. The molecule has 0 aliphatic carbocycles. The first-order chi connectivity index (χ1) is 19.2. The Morgan fingerprint density at radius 3 is 2.19 bits per heavy atom. The summed E-state index contributed by atoms with van der Waals surface area (Å²) in [4.78, 5) is 39.4. The summed E-state index contributed by atoms with van der Waals surface area (Å²) in [5.74, 6) is -1.93. The monoisotopic (exact) mass is 587 g/mol. The van der Waals surface area contributed by atoms with Crippen LogP contribution in [0.15, 0.2) is 41.4 Å². The molecule has 220 valence electrons. The number of rotatable bonds is 8. The molecule has 2 aromatic carbocycles. The third-order valence-electron chi connectivity index (χ3n) is 7.42. The van der Waals surface area contributed by atoms with Gasteiger partial charge in [-0.15, -0.1) is 15.0 Å². The maximum absolute atomic E-state index is 11.9. The van der Waals surface area contributed by atoms with Gasteiger partial charge in [0, 0.05) is 12.0 Å². The summed E-state index contributed by atoms with van der Waals surface area (Å²) in [7, 11) is 0. The molecule has 3 aromatic rings. The molecule has 0 spiro atoms. The molecule has 1 aromatic heterocycles. The summed E-state index contributed by atoms with van der Waals surface area (Å²) in [6, 6.07) is 10.2. The Hall–Kier alpha value is -3.28. The van der Waals surface area contributed by atoms with E-state index in [9.17, 15) is 24.6 Å². The molecular formula is C30H38N5NaO6. The number of hydrogen-bond donors (Lipinski definition) is 3. The SMILES string of the molecule is CC(C)(C)c1cc(CCC(=O)O)cc(-n2nc3ccccc3n2)c1O.CCCC(C)C1(CC)C(=O)N=C([O-])NC1=O.[Na+]. The number of nitrogens with one attached hydrogen (secondary N) is 1. The first-order valence-electron chi connectivity index (χ1n) is 13.8. The van der Waals surface area contributed by atoms with Gasteiger partial charge in [0.15, 0.2) is 0 Å². The number of benzene rings is 2. The van der Waals surface area contributed by atoms with E-state index in [1.807, 2.05) is 65.0 Å². The van der Waals surface area contributed by atoms with Crippen molar-refractivity contribution in [1.29, 1.82) is 0 Å². The number of aromatic hydroxyl groups is 1. The zero-order valence-corrected chi connectivity index (χ0v) is 27.4. The second-order valence-corrected chi connectivity index (χ2v) is 11.3. The number of aliphatic imine (C=N–C) groups is 1. The van der Waals surface area contributed by atoms with Gasteiger partial charge in [-0.3, -0.25) is 14.4 Å². The molecule has 2 unspecified atom stereocenters. The molecule has 42 heavy (non-hydrogen) atoms. The molecule has 3 N–H and O–H groups in total. The molecule has 0 saturated carbocycles. The number of aliphatic carboxylic acids is 1. The van der Waals surface area contributed by atoms with Gasteiger partial charge < -0.3 is 20.6 Å². The van der Waals surface area contributed by atoms with E-state index < -0.39 is 29.2 Å². The maximum atomic E-state index is 11.9. The van der Waals surface area contributed by atoms with Crippen LogP contribution in [0.2, 0.25) is 0 Å². The van der Waals surface area contributed by atoms with E-state index in [2.05, 4.69) is 20.5 Å². The summed E-state index contributed by atoms with van der Waals surface area (Å²) in [6.07, 6.45) is 2.43. The Bertz CT molecular complexity index is 1450. The van der Waals surface area contributed by atoms with Gasteiger partial charge in [0.25, 0.3) is 5.91 Å². The molecule has 0 fully saturated rings. The molecule has 2 amide bonds. The Morgan fingerprint density at radius 1 is 1.12 bits per heavy atom.